The monoisotopic (exact) mass is 268 g/mol. The van der Waals surface area contributed by atoms with Crippen molar-refractivity contribution in [1.29, 1.82) is 0 Å². The molecule has 0 bridgehead atoms. The van der Waals surface area contributed by atoms with Gasteiger partial charge in [-0.2, -0.15) is 0 Å². The summed E-state index contributed by atoms with van der Waals surface area (Å²) in [7, 11) is 0. The van der Waals surface area contributed by atoms with Crippen molar-refractivity contribution < 1.29 is 0 Å². The fourth-order valence-electron chi connectivity index (χ4n) is 1.74. The second-order valence-corrected chi connectivity index (χ2v) is 7.68. The van der Waals surface area contributed by atoms with Crippen LogP contribution in [0.2, 0.25) is 0 Å². The summed E-state index contributed by atoms with van der Waals surface area (Å²) in [5, 5.41) is 7.01. The zero-order chi connectivity index (χ0) is 13.8. The molecule has 0 aromatic carbocycles. The molecule has 1 heterocycles. The van der Waals surface area contributed by atoms with E-state index in [1.165, 1.54) is 10.7 Å². The van der Waals surface area contributed by atoms with Crippen molar-refractivity contribution in [1.82, 2.24) is 10.3 Å². The van der Waals surface area contributed by atoms with Crippen LogP contribution in [-0.2, 0) is 11.8 Å². The maximum atomic E-state index is 4.76. The fraction of sp³-hybridized carbons (Fsp3) is 0.800. The maximum absolute atomic E-state index is 4.76. The third kappa shape index (κ3) is 5.49. The van der Waals surface area contributed by atoms with E-state index >= 15 is 0 Å². The molecule has 1 atom stereocenters. The summed E-state index contributed by atoms with van der Waals surface area (Å²) in [6.45, 7) is 15.6. The van der Waals surface area contributed by atoms with Gasteiger partial charge in [-0.3, -0.25) is 0 Å². The average Bonchev–Trinajstić information content (AvgIpc) is 2.64. The van der Waals surface area contributed by atoms with Gasteiger partial charge in [0.05, 0.1) is 10.7 Å². The van der Waals surface area contributed by atoms with E-state index in [-0.39, 0.29) is 5.41 Å². The number of nitrogens with zero attached hydrogens (tertiary/aromatic N) is 1. The zero-order valence-electron chi connectivity index (χ0n) is 12.7. The summed E-state index contributed by atoms with van der Waals surface area (Å²) in [6.07, 6.45) is 1.09. The number of nitrogens with one attached hydrogen (secondary N) is 1. The molecule has 1 unspecified atom stereocenters. The van der Waals surface area contributed by atoms with E-state index in [9.17, 15) is 0 Å². The summed E-state index contributed by atoms with van der Waals surface area (Å²) in [5.74, 6) is 1.38. The van der Waals surface area contributed by atoms with Crippen LogP contribution in [0.1, 0.15) is 52.2 Å². The minimum Gasteiger partial charge on any atom is -0.316 e. The van der Waals surface area contributed by atoms with Crippen LogP contribution in [0.5, 0.6) is 0 Å². The molecule has 1 aromatic heterocycles. The Labute approximate surface area is 116 Å². The maximum Gasteiger partial charge on any atom is 0.0931 e. The molecule has 104 valence electrons. The standard InChI is InChI=1S/C15H28N2S/c1-11(2)8-16-9-12(3)7-14-17-13(10-18-14)15(4,5)6/h10-12,16H,7-9H2,1-6H3. The molecule has 0 radical (unpaired) electrons. The van der Waals surface area contributed by atoms with Gasteiger partial charge in [-0.25, -0.2) is 4.98 Å². The first-order valence-electron chi connectivity index (χ1n) is 6.94. The summed E-state index contributed by atoms with van der Waals surface area (Å²) in [6, 6.07) is 0. The highest BCUT2D eigenvalue weighted by Crippen LogP contribution is 2.24. The van der Waals surface area contributed by atoms with E-state index < -0.39 is 0 Å². The second-order valence-electron chi connectivity index (χ2n) is 6.74. The molecule has 0 aliphatic rings. The molecule has 1 aromatic rings. The van der Waals surface area contributed by atoms with Crippen molar-refractivity contribution >= 4 is 11.3 Å². The summed E-state index contributed by atoms with van der Waals surface area (Å²) >= 11 is 1.81. The number of thiazole rings is 1. The van der Waals surface area contributed by atoms with Crippen molar-refractivity contribution in [3.63, 3.8) is 0 Å². The van der Waals surface area contributed by atoms with Crippen LogP contribution in [-0.4, -0.2) is 18.1 Å². The molecule has 0 aliphatic carbocycles. The van der Waals surface area contributed by atoms with E-state index in [1.54, 1.807) is 11.3 Å². The van der Waals surface area contributed by atoms with Gasteiger partial charge in [0.1, 0.15) is 0 Å². The molecule has 18 heavy (non-hydrogen) atoms. The normalized spacial score (nSPS) is 14.2. The summed E-state index contributed by atoms with van der Waals surface area (Å²) in [5.41, 5.74) is 1.40. The Balaban J connectivity index is 2.40. The van der Waals surface area contributed by atoms with Crippen LogP contribution in [0.3, 0.4) is 0 Å². The van der Waals surface area contributed by atoms with Crippen molar-refractivity contribution in [2.45, 2.75) is 53.4 Å². The van der Waals surface area contributed by atoms with Crippen LogP contribution >= 0.6 is 11.3 Å². The summed E-state index contributed by atoms with van der Waals surface area (Å²) < 4.78 is 0. The lowest BCUT2D eigenvalue weighted by Crippen LogP contribution is -2.26. The Hall–Kier alpha value is -0.410. The van der Waals surface area contributed by atoms with E-state index in [4.69, 9.17) is 4.98 Å². The van der Waals surface area contributed by atoms with E-state index in [2.05, 4.69) is 52.2 Å². The van der Waals surface area contributed by atoms with Crippen molar-refractivity contribution in [2.24, 2.45) is 11.8 Å². The minimum atomic E-state index is 0.174. The first kappa shape index (κ1) is 15.6. The smallest absolute Gasteiger partial charge is 0.0931 e. The Morgan fingerprint density at radius 2 is 1.89 bits per heavy atom. The molecule has 0 spiro atoms. The van der Waals surface area contributed by atoms with Crippen LogP contribution in [0.25, 0.3) is 0 Å². The Kier molecular flexibility index (Phi) is 5.80. The lowest BCUT2D eigenvalue weighted by Gasteiger charge is -2.15. The predicted octanol–water partition coefficient (Wildman–Crippen LogP) is 3.86. The highest BCUT2D eigenvalue weighted by molar-refractivity contribution is 7.09. The number of rotatable bonds is 6. The van der Waals surface area contributed by atoms with Crippen molar-refractivity contribution in [3.05, 3.63) is 16.1 Å². The van der Waals surface area contributed by atoms with Crippen LogP contribution in [0.4, 0.5) is 0 Å². The molecular formula is C15H28N2S. The van der Waals surface area contributed by atoms with Gasteiger partial charge in [0.25, 0.3) is 0 Å². The van der Waals surface area contributed by atoms with E-state index in [0.717, 1.165) is 25.4 Å². The average molecular weight is 268 g/mol. The zero-order valence-corrected chi connectivity index (χ0v) is 13.5. The SMILES string of the molecule is CC(C)CNCC(C)Cc1nc(C(C)(C)C)cs1. The van der Waals surface area contributed by atoms with Gasteiger partial charge >= 0.3 is 0 Å². The highest BCUT2D eigenvalue weighted by Gasteiger charge is 2.18. The van der Waals surface area contributed by atoms with Gasteiger partial charge in [-0.05, 0) is 24.9 Å². The molecule has 2 nitrogen and oxygen atoms in total. The second kappa shape index (κ2) is 6.67. The third-order valence-corrected chi connectivity index (χ3v) is 3.76. The molecule has 0 fully saturated rings. The first-order chi connectivity index (χ1) is 8.29. The third-order valence-electron chi connectivity index (χ3n) is 2.89. The van der Waals surface area contributed by atoms with Crippen molar-refractivity contribution in [3.8, 4) is 0 Å². The quantitative estimate of drug-likeness (QED) is 0.847. The molecular weight excluding hydrogens is 240 g/mol. The van der Waals surface area contributed by atoms with Crippen LogP contribution < -0.4 is 5.32 Å². The van der Waals surface area contributed by atoms with E-state index in [0.29, 0.717) is 5.92 Å². The van der Waals surface area contributed by atoms with Gasteiger partial charge in [-0.15, -0.1) is 11.3 Å². The first-order valence-corrected chi connectivity index (χ1v) is 7.82. The number of hydrogen-bond donors (Lipinski definition) is 1. The van der Waals surface area contributed by atoms with Gasteiger partial charge in [0.15, 0.2) is 0 Å². The number of aromatic nitrogens is 1. The van der Waals surface area contributed by atoms with Crippen LogP contribution in [0.15, 0.2) is 5.38 Å². The van der Waals surface area contributed by atoms with Gasteiger partial charge in [0, 0.05) is 17.2 Å². The van der Waals surface area contributed by atoms with Gasteiger partial charge in [-0.1, -0.05) is 41.5 Å². The predicted molar refractivity (Wildman–Crippen MR) is 81.4 cm³/mol. The Morgan fingerprint density at radius 1 is 1.22 bits per heavy atom. The largest absolute Gasteiger partial charge is 0.316 e. The molecule has 0 aliphatic heterocycles. The minimum absolute atomic E-state index is 0.174. The Morgan fingerprint density at radius 3 is 2.39 bits per heavy atom. The number of hydrogen-bond acceptors (Lipinski definition) is 3. The van der Waals surface area contributed by atoms with Crippen LogP contribution in [0, 0.1) is 11.8 Å². The lowest BCUT2D eigenvalue weighted by atomic mass is 9.93. The lowest BCUT2D eigenvalue weighted by molar-refractivity contribution is 0.472. The van der Waals surface area contributed by atoms with Gasteiger partial charge < -0.3 is 5.32 Å². The topological polar surface area (TPSA) is 24.9 Å². The van der Waals surface area contributed by atoms with E-state index in [1.807, 2.05) is 0 Å². The molecule has 0 saturated carbocycles. The van der Waals surface area contributed by atoms with Crippen molar-refractivity contribution in [2.75, 3.05) is 13.1 Å². The fourth-order valence-corrected chi connectivity index (χ4v) is 2.92. The molecule has 0 amide bonds. The molecule has 1 rings (SSSR count). The Bertz CT molecular complexity index is 350. The molecule has 1 N–H and O–H groups in total. The van der Waals surface area contributed by atoms with Gasteiger partial charge in [0.2, 0.25) is 0 Å². The highest BCUT2D eigenvalue weighted by atomic mass is 32.1. The summed E-state index contributed by atoms with van der Waals surface area (Å²) in [4.78, 5) is 4.76. The molecule has 3 heteroatoms. The molecule has 0 saturated heterocycles.